The maximum Gasteiger partial charge on any atom is 0.212 e. The quantitative estimate of drug-likeness (QED) is 0.770. The maximum atomic E-state index is 11.9. The van der Waals surface area contributed by atoms with Crippen molar-refractivity contribution in [3.8, 4) is 5.88 Å². The molecule has 0 spiro atoms. The van der Waals surface area contributed by atoms with Gasteiger partial charge in [0.15, 0.2) is 0 Å². The predicted octanol–water partition coefficient (Wildman–Crippen LogP) is 1.45. The van der Waals surface area contributed by atoms with Crippen molar-refractivity contribution in [3.63, 3.8) is 0 Å². The number of ether oxygens (including phenoxy) is 1. The van der Waals surface area contributed by atoms with E-state index in [1.165, 1.54) is 0 Å². The Hall–Kier alpha value is -1.16. The minimum Gasteiger partial charge on any atom is -0.481 e. The van der Waals surface area contributed by atoms with Crippen molar-refractivity contribution >= 4 is 0 Å². The first-order chi connectivity index (χ1) is 6.27. The van der Waals surface area contributed by atoms with Crippen molar-refractivity contribution in [3.05, 3.63) is 23.9 Å². The Morgan fingerprint density at radius 2 is 2.38 bits per heavy atom. The largest absolute Gasteiger partial charge is 0.481 e. The minimum absolute atomic E-state index is 0.275. The van der Waals surface area contributed by atoms with Gasteiger partial charge in [-0.2, -0.15) is 0 Å². The maximum absolute atomic E-state index is 11.9. The van der Waals surface area contributed by atoms with Crippen molar-refractivity contribution in [2.75, 3.05) is 13.8 Å². The average Bonchev–Trinajstić information content (AvgIpc) is 2.18. The van der Waals surface area contributed by atoms with Gasteiger partial charge in [-0.15, -0.1) is 0 Å². The molecule has 13 heavy (non-hydrogen) atoms. The van der Waals surface area contributed by atoms with Crippen LogP contribution in [0.4, 0.5) is 4.39 Å². The van der Waals surface area contributed by atoms with Crippen LogP contribution in [0.15, 0.2) is 18.3 Å². The number of alkyl halides is 1. The topological polar surface area (TPSA) is 48.1 Å². The number of methoxy groups -OCH3 is 1. The molecule has 0 unspecified atom stereocenters. The number of pyridine rings is 1. The van der Waals surface area contributed by atoms with Crippen molar-refractivity contribution in [2.45, 2.75) is 12.5 Å². The van der Waals surface area contributed by atoms with E-state index in [-0.39, 0.29) is 6.04 Å². The van der Waals surface area contributed by atoms with Crippen LogP contribution in [-0.4, -0.2) is 18.8 Å². The number of aromatic nitrogens is 1. The molecule has 0 saturated carbocycles. The summed E-state index contributed by atoms with van der Waals surface area (Å²) in [5.74, 6) is 0.538. The number of halogens is 1. The summed E-state index contributed by atoms with van der Waals surface area (Å²) in [6.07, 6.45) is 1.94. The number of nitrogens with two attached hydrogens (primary N) is 1. The molecule has 1 rings (SSSR count). The highest BCUT2D eigenvalue weighted by atomic mass is 19.1. The molecule has 1 aromatic heterocycles. The highest BCUT2D eigenvalue weighted by Crippen LogP contribution is 2.15. The van der Waals surface area contributed by atoms with E-state index in [2.05, 4.69) is 4.98 Å². The van der Waals surface area contributed by atoms with Crippen LogP contribution in [0.25, 0.3) is 0 Å². The standard InChI is InChI=1S/C9H13FN2O/c1-13-9-3-2-7(6-12-9)8(11)4-5-10/h2-3,6,8H,4-5,11H2,1H3/t8-/m0/s1. The van der Waals surface area contributed by atoms with E-state index < -0.39 is 6.67 Å². The lowest BCUT2D eigenvalue weighted by Crippen LogP contribution is -2.11. The zero-order valence-corrected chi connectivity index (χ0v) is 7.53. The first-order valence-electron chi connectivity index (χ1n) is 4.09. The monoisotopic (exact) mass is 184 g/mol. The molecular formula is C9H13FN2O. The van der Waals surface area contributed by atoms with Gasteiger partial charge in [-0.25, -0.2) is 4.98 Å². The molecule has 3 nitrogen and oxygen atoms in total. The second-order valence-electron chi connectivity index (χ2n) is 2.72. The van der Waals surface area contributed by atoms with Gasteiger partial charge in [0.2, 0.25) is 5.88 Å². The molecule has 0 aromatic carbocycles. The number of nitrogens with zero attached hydrogens (tertiary/aromatic N) is 1. The summed E-state index contributed by atoms with van der Waals surface area (Å²) in [7, 11) is 1.55. The Kier molecular flexibility index (Phi) is 3.64. The fraction of sp³-hybridized carbons (Fsp3) is 0.444. The number of rotatable bonds is 4. The first kappa shape index (κ1) is 9.92. The summed E-state index contributed by atoms with van der Waals surface area (Å²) in [6, 6.07) is 3.24. The number of hydrogen-bond acceptors (Lipinski definition) is 3. The van der Waals surface area contributed by atoms with Gasteiger partial charge in [0, 0.05) is 18.3 Å². The lowest BCUT2D eigenvalue weighted by molar-refractivity contribution is 0.396. The second-order valence-corrected chi connectivity index (χ2v) is 2.72. The molecule has 0 aliphatic carbocycles. The molecule has 72 valence electrons. The van der Waals surface area contributed by atoms with Gasteiger partial charge < -0.3 is 10.5 Å². The highest BCUT2D eigenvalue weighted by molar-refractivity contribution is 5.20. The van der Waals surface area contributed by atoms with E-state index in [1.54, 1.807) is 25.4 Å². The molecule has 0 aliphatic rings. The Balaban J connectivity index is 2.67. The molecule has 0 bridgehead atoms. The third-order valence-corrected chi connectivity index (χ3v) is 1.82. The van der Waals surface area contributed by atoms with Gasteiger partial charge in [-0.3, -0.25) is 4.39 Å². The molecule has 4 heteroatoms. The normalized spacial score (nSPS) is 12.5. The van der Waals surface area contributed by atoms with Crippen LogP contribution in [0.1, 0.15) is 18.0 Å². The Bertz CT molecular complexity index is 250. The molecule has 1 aromatic rings. The summed E-state index contributed by atoms with van der Waals surface area (Å²) in [5, 5.41) is 0. The van der Waals surface area contributed by atoms with Crippen molar-refractivity contribution in [2.24, 2.45) is 5.73 Å². The van der Waals surface area contributed by atoms with Crippen LogP contribution in [0, 0.1) is 0 Å². The average molecular weight is 184 g/mol. The van der Waals surface area contributed by atoms with Crippen LogP contribution in [0.2, 0.25) is 0 Å². The smallest absolute Gasteiger partial charge is 0.212 e. The third-order valence-electron chi connectivity index (χ3n) is 1.82. The SMILES string of the molecule is COc1ccc([C@@H](N)CCF)cn1. The summed E-state index contributed by atoms with van der Waals surface area (Å²) in [5.41, 5.74) is 6.51. The van der Waals surface area contributed by atoms with Gasteiger partial charge >= 0.3 is 0 Å². The summed E-state index contributed by atoms with van der Waals surface area (Å²) in [6.45, 7) is -0.410. The van der Waals surface area contributed by atoms with E-state index in [1.807, 2.05) is 0 Å². The highest BCUT2D eigenvalue weighted by Gasteiger charge is 2.05. The molecule has 0 aliphatic heterocycles. The van der Waals surface area contributed by atoms with E-state index >= 15 is 0 Å². The third kappa shape index (κ3) is 2.66. The molecule has 0 radical (unpaired) electrons. The molecular weight excluding hydrogens is 171 g/mol. The lowest BCUT2D eigenvalue weighted by Gasteiger charge is -2.09. The first-order valence-corrected chi connectivity index (χ1v) is 4.09. The van der Waals surface area contributed by atoms with E-state index in [0.29, 0.717) is 12.3 Å². The number of hydrogen-bond donors (Lipinski definition) is 1. The summed E-state index contributed by atoms with van der Waals surface area (Å²) >= 11 is 0. The Morgan fingerprint density at radius 3 is 2.85 bits per heavy atom. The van der Waals surface area contributed by atoms with Crippen LogP contribution < -0.4 is 10.5 Å². The Morgan fingerprint density at radius 1 is 1.62 bits per heavy atom. The van der Waals surface area contributed by atoms with Gasteiger partial charge in [-0.05, 0) is 12.0 Å². The molecule has 1 atom stereocenters. The molecule has 0 amide bonds. The lowest BCUT2D eigenvalue weighted by atomic mass is 10.1. The van der Waals surface area contributed by atoms with Gasteiger partial charge in [-0.1, -0.05) is 6.07 Å². The van der Waals surface area contributed by atoms with Crippen molar-refractivity contribution in [1.82, 2.24) is 4.98 Å². The minimum atomic E-state index is -0.410. The summed E-state index contributed by atoms with van der Waals surface area (Å²) < 4.78 is 16.8. The van der Waals surface area contributed by atoms with Crippen molar-refractivity contribution in [1.29, 1.82) is 0 Å². The van der Waals surface area contributed by atoms with Gasteiger partial charge in [0.1, 0.15) is 0 Å². The predicted molar refractivity (Wildman–Crippen MR) is 48.3 cm³/mol. The molecule has 2 N–H and O–H groups in total. The van der Waals surface area contributed by atoms with Crippen LogP contribution in [-0.2, 0) is 0 Å². The zero-order valence-electron chi connectivity index (χ0n) is 7.53. The van der Waals surface area contributed by atoms with Gasteiger partial charge in [0.05, 0.1) is 13.8 Å². The molecule has 0 fully saturated rings. The summed E-state index contributed by atoms with van der Waals surface area (Å²) in [4.78, 5) is 3.98. The second kappa shape index (κ2) is 4.77. The van der Waals surface area contributed by atoms with Crippen LogP contribution >= 0.6 is 0 Å². The molecule has 0 saturated heterocycles. The fourth-order valence-electron chi connectivity index (χ4n) is 1.02. The van der Waals surface area contributed by atoms with E-state index in [0.717, 1.165) is 5.56 Å². The van der Waals surface area contributed by atoms with Crippen molar-refractivity contribution < 1.29 is 9.13 Å². The van der Waals surface area contributed by atoms with E-state index in [4.69, 9.17) is 10.5 Å². The van der Waals surface area contributed by atoms with Gasteiger partial charge in [0.25, 0.3) is 0 Å². The van der Waals surface area contributed by atoms with Crippen LogP contribution in [0.5, 0.6) is 5.88 Å². The molecule has 1 heterocycles. The fourth-order valence-corrected chi connectivity index (χ4v) is 1.02. The zero-order chi connectivity index (χ0) is 9.68. The Labute approximate surface area is 76.7 Å². The van der Waals surface area contributed by atoms with Crippen LogP contribution in [0.3, 0.4) is 0 Å². The van der Waals surface area contributed by atoms with E-state index in [9.17, 15) is 4.39 Å².